The van der Waals surface area contributed by atoms with Gasteiger partial charge in [0.05, 0.1) is 32.9 Å². The molecule has 2 rings (SSSR count). The lowest BCUT2D eigenvalue weighted by atomic mass is 9.72. The summed E-state index contributed by atoms with van der Waals surface area (Å²) >= 11 is 0. The summed E-state index contributed by atoms with van der Waals surface area (Å²) in [7, 11) is 4.30. The molecule has 0 N–H and O–H groups in total. The van der Waals surface area contributed by atoms with Crippen LogP contribution in [0.3, 0.4) is 0 Å². The highest BCUT2D eigenvalue weighted by molar-refractivity contribution is 5.45. The minimum Gasteiger partial charge on any atom is -1.00 e. The van der Waals surface area contributed by atoms with Gasteiger partial charge in [-0.25, -0.2) is 4.48 Å². The van der Waals surface area contributed by atoms with Crippen LogP contribution in [0.15, 0.2) is 54.6 Å². The Hall–Kier alpha value is -1.39. The fourth-order valence-corrected chi connectivity index (χ4v) is 4.78. The van der Waals surface area contributed by atoms with Gasteiger partial charge in [0.1, 0.15) is 5.69 Å². The summed E-state index contributed by atoms with van der Waals surface area (Å²) in [5.74, 6) is -0.919. The van der Waals surface area contributed by atoms with E-state index in [1.807, 2.05) is 19.9 Å². The molecule has 0 amide bonds. The van der Waals surface area contributed by atoms with Gasteiger partial charge in [0.2, 0.25) is 0 Å². The van der Waals surface area contributed by atoms with Crippen molar-refractivity contribution in [2.45, 2.75) is 66.2 Å². The van der Waals surface area contributed by atoms with Gasteiger partial charge < -0.3 is 12.4 Å². The van der Waals surface area contributed by atoms with Crippen LogP contribution in [-0.2, 0) is 20.8 Å². The summed E-state index contributed by atoms with van der Waals surface area (Å²) < 4.78 is 13.3. The largest absolute Gasteiger partial charge is 1.00 e. The Labute approximate surface area is 196 Å². The summed E-state index contributed by atoms with van der Waals surface area (Å²) in [5.41, 5.74) is 3.88. The fourth-order valence-electron chi connectivity index (χ4n) is 4.78. The first kappa shape index (κ1) is 27.6. The van der Waals surface area contributed by atoms with Gasteiger partial charge in [-0.1, -0.05) is 65.0 Å². The van der Waals surface area contributed by atoms with Gasteiger partial charge in [-0.05, 0) is 60.9 Å². The zero-order valence-corrected chi connectivity index (χ0v) is 21.7. The molecule has 0 saturated heterocycles. The van der Waals surface area contributed by atoms with Crippen molar-refractivity contribution in [3.8, 4) is 0 Å². The van der Waals surface area contributed by atoms with Crippen molar-refractivity contribution in [3.63, 3.8) is 0 Å². The van der Waals surface area contributed by atoms with E-state index in [0.717, 1.165) is 17.7 Å². The lowest BCUT2D eigenvalue weighted by molar-refractivity contribution is -0.310. The van der Waals surface area contributed by atoms with Crippen molar-refractivity contribution in [3.05, 3.63) is 65.7 Å². The maximum Gasteiger partial charge on any atom is 0.352 e. The second-order valence-electron chi connectivity index (χ2n) is 10.4. The molecule has 0 aromatic heterocycles. The summed E-state index contributed by atoms with van der Waals surface area (Å²) in [6, 6.07) is 19.3. The average Bonchev–Trinajstić information content (AvgIpc) is 2.66. The predicted octanol–water partition coefficient (Wildman–Crippen LogP) is 3.85. The lowest BCUT2D eigenvalue weighted by Crippen LogP contribution is -3.00. The van der Waals surface area contributed by atoms with E-state index >= 15 is 0 Å². The van der Waals surface area contributed by atoms with Gasteiger partial charge in [0.15, 0.2) is 0 Å². The molecule has 0 bridgehead atoms. The van der Waals surface area contributed by atoms with E-state index in [4.69, 9.17) is 9.47 Å². The van der Waals surface area contributed by atoms with Crippen LogP contribution in [0.4, 0.5) is 5.69 Å². The summed E-state index contributed by atoms with van der Waals surface area (Å²) in [4.78, 5) is 0. The third kappa shape index (κ3) is 6.10. The van der Waals surface area contributed by atoms with E-state index in [0.29, 0.717) is 17.7 Å². The summed E-state index contributed by atoms with van der Waals surface area (Å²) in [6.07, 6.45) is 1.12. The molecule has 0 spiro atoms. The molecule has 2 aromatic carbocycles. The molecule has 31 heavy (non-hydrogen) atoms. The molecular weight excluding hydrogens is 406 g/mol. The normalized spacial score (nSPS) is 13.1. The minimum absolute atomic E-state index is 0. The highest BCUT2D eigenvalue weighted by Crippen LogP contribution is 2.41. The maximum atomic E-state index is 6.43. The Morgan fingerprint density at radius 3 is 1.58 bits per heavy atom. The van der Waals surface area contributed by atoms with E-state index < -0.39 is 5.91 Å². The van der Waals surface area contributed by atoms with Crippen molar-refractivity contribution in [1.82, 2.24) is 4.48 Å². The van der Waals surface area contributed by atoms with Crippen molar-refractivity contribution in [1.29, 1.82) is 0 Å². The number of para-hydroxylation sites is 1. The Balaban J connectivity index is 0.00000480. The van der Waals surface area contributed by atoms with E-state index in [-0.39, 0.29) is 23.2 Å². The Morgan fingerprint density at radius 2 is 1.16 bits per heavy atom. The Bertz CT molecular complexity index is 786. The summed E-state index contributed by atoms with van der Waals surface area (Å²) in [6.45, 7) is 16.7. The predicted molar refractivity (Wildman–Crippen MR) is 129 cm³/mol. The molecule has 2 aromatic rings. The van der Waals surface area contributed by atoms with E-state index in [1.54, 1.807) is 0 Å². The standard InChI is InChI=1S/C27H42NO2.ClH/c1-10-29-27(30-11-2,28(8,9)24-15-13-12-14-16-24)23-19-17-22(18-20-23)26(6,7)21-25(3,4)5;/h12-20H,10-11,21H2,1-9H3;1H/q+1;/p-1. The smallest absolute Gasteiger partial charge is 0.352 e. The van der Waals surface area contributed by atoms with Gasteiger partial charge in [-0.15, -0.1) is 0 Å². The van der Waals surface area contributed by atoms with Crippen LogP contribution < -0.4 is 16.9 Å². The Kier molecular flexibility index (Phi) is 9.35. The van der Waals surface area contributed by atoms with Crippen molar-refractivity contribution in [2.24, 2.45) is 5.41 Å². The third-order valence-corrected chi connectivity index (χ3v) is 5.82. The number of rotatable bonds is 9. The number of benzene rings is 2. The van der Waals surface area contributed by atoms with Crippen LogP contribution in [0.5, 0.6) is 0 Å². The van der Waals surface area contributed by atoms with Gasteiger partial charge in [0.25, 0.3) is 0 Å². The molecule has 0 aliphatic rings. The van der Waals surface area contributed by atoms with Crippen LogP contribution in [0.2, 0.25) is 0 Å². The number of nitrogens with zero attached hydrogens (tertiary/aromatic N) is 1. The molecular formula is C27H42ClNO2. The zero-order valence-electron chi connectivity index (χ0n) is 21.0. The maximum absolute atomic E-state index is 6.43. The van der Waals surface area contributed by atoms with Crippen LogP contribution in [0, 0.1) is 5.41 Å². The quantitative estimate of drug-likeness (QED) is 0.429. The number of hydrogen-bond donors (Lipinski definition) is 0. The van der Waals surface area contributed by atoms with Crippen LogP contribution >= 0.6 is 0 Å². The molecule has 174 valence electrons. The topological polar surface area (TPSA) is 18.5 Å². The van der Waals surface area contributed by atoms with E-state index in [9.17, 15) is 0 Å². The molecule has 0 heterocycles. The van der Waals surface area contributed by atoms with Gasteiger partial charge in [-0.2, -0.15) is 0 Å². The highest BCUT2D eigenvalue weighted by Gasteiger charge is 2.51. The number of quaternary nitrogens is 1. The first-order valence-corrected chi connectivity index (χ1v) is 11.2. The molecule has 0 aliphatic heterocycles. The van der Waals surface area contributed by atoms with E-state index in [1.165, 1.54) is 5.56 Å². The SMILES string of the molecule is CCOC(OCC)(c1ccc(C(C)(C)CC(C)(C)C)cc1)[N+](C)(C)c1ccccc1.[Cl-]. The van der Waals surface area contributed by atoms with Crippen LogP contribution in [0.1, 0.15) is 66.0 Å². The second-order valence-corrected chi connectivity index (χ2v) is 10.4. The Morgan fingerprint density at radius 1 is 0.710 bits per heavy atom. The number of hydrogen-bond acceptors (Lipinski definition) is 2. The number of halogens is 1. The average molecular weight is 448 g/mol. The van der Waals surface area contributed by atoms with Gasteiger partial charge in [-0.3, -0.25) is 9.47 Å². The van der Waals surface area contributed by atoms with Crippen molar-refractivity contribution < 1.29 is 21.9 Å². The monoisotopic (exact) mass is 447 g/mol. The minimum atomic E-state index is -0.919. The first-order chi connectivity index (χ1) is 13.9. The second kappa shape index (κ2) is 10.5. The number of ether oxygens (including phenoxy) is 2. The third-order valence-electron chi connectivity index (χ3n) is 5.82. The molecule has 0 atom stereocenters. The van der Waals surface area contributed by atoms with Crippen molar-refractivity contribution >= 4 is 5.69 Å². The molecule has 3 nitrogen and oxygen atoms in total. The molecule has 0 fully saturated rings. The van der Waals surface area contributed by atoms with E-state index in [2.05, 4.69) is 97.2 Å². The fraction of sp³-hybridized carbons (Fsp3) is 0.556. The van der Waals surface area contributed by atoms with Crippen LogP contribution in [0.25, 0.3) is 0 Å². The molecule has 0 saturated carbocycles. The van der Waals surface area contributed by atoms with Crippen molar-refractivity contribution in [2.75, 3.05) is 27.3 Å². The molecule has 4 heteroatoms. The lowest BCUT2D eigenvalue weighted by Gasteiger charge is -2.46. The van der Waals surface area contributed by atoms with Crippen LogP contribution in [-0.4, -0.2) is 27.3 Å². The highest BCUT2D eigenvalue weighted by atomic mass is 35.5. The molecule has 0 radical (unpaired) electrons. The molecule has 0 unspecified atom stereocenters. The molecule has 0 aliphatic carbocycles. The van der Waals surface area contributed by atoms with Gasteiger partial charge in [0, 0.05) is 0 Å². The first-order valence-electron chi connectivity index (χ1n) is 11.2. The van der Waals surface area contributed by atoms with Gasteiger partial charge >= 0.3 is 5.91 Å². The summed E-state index contributed by atoms with van der Waals surface area (Å²) in [5, 5.41) is 0. The zero-order chi connectivity index (χ0) is 22.6.